The van der Waals surface area contributed by atoms with Gasteiger partial charge in [-0.2, -0.15) is 5.26 Å². The van der Waals surface area contributed by atoms with E-state index in [9.17, 15) is 13.2 Å². The Bertz CT molecular complexity index is 801. The van der Waals surface area contributed by atoms with E-state index >= 15 is 0 Å². The number of sulfonamides is 1. The number of hydrogen-bond donors (Lipinski definition) is 2. The van der Waals surface area contributed by atoms with Gasteiger partial charge in [-0.1, -0.05) is 26.3 Å². The van der Waals surface area contributed by atoms with Crippen molar-refractivity contribution in [3.05, 3.63) is 23.8 Å². The number of carbonyl (C=O) groups excluding carboxylic acids is 1. The molecule has 142 valence electrons. The van der Waals surface area contributed by atoms with Gasteiger partial charge in [0, 0.05) is 30.7 Å². The first-order chi connectivity index (χ1) is 12.3. The average Bonchev–Trinajstić information content (AvgIpc) is 3.03. The molecule has 7 nitrogen and oxygen atoms in total. The molecule has 1 aromatic carbocycles. The lowest BCUT2D eigenvalue weighted by Crippen LogP contribution is -2.36. The summed E-state index contributed by atoms with van der Waals surface area (Å²) in [7, 11) is -3.73. The van der Waals surface area contributed by atoms with Crippen LogP contribution in [0.15, 0.2) is 23.1 Å². The Morgan fingerprint density at radius 3 is 2.81 bits per heavy atom. The predicted molar refractivity (Wildman–Crippen MR) is 99.8 cm³/mol. The number of nitriles is 1. The van der Waals surface area contributed by atoms with Gasteiger partial charge in [0.05, 0.1) is 4.90 Å². The fourth-order valence-electron chi connectivity index (χ4n) is 3.03. The number of carbonyl (C=O) groups is 1. The van der Waals surface area contributed by atoms with Gasteiger partial charge in [0.1, 0.15) is 0 Å². The quantitative estimate of drug-likeness (QED) is 0.708. The minimum Gasteiger partial charge on any atom is -0.326 e. The van der Waals surface area contributed by atoms with Crippen LogP contribution in [0, 0.1) is 24.3 Å². The van der Waals surface area contributed by atoms with Crippen molar-refractivity contribution >= 4 is 21.6 Å². The van der Waals surface area contributed by atoms with Crippen LogP contribution in [-0.4, -0.2) is 38.4 Å². The molecule has 0 bridgehead atoms. The molecule has 2 rings (SSSR count). The molecule has 0 aliphatic carbocycles. The van der Waals surface area contributed by atoms with Crippen molar-refractivity contribution in [3.63, 3.8) is 0 Å². The van der Waals surface area contributed by atoms with Gasteiger partial charge in [0.2, 0.25) is 15.9 Å². The summed E-state index contributed by atoms with van der Waals surface area (Å²) in [6.07, 6.45) is 4.32. The van der Waals surface area contributed by atoms with Crippen LogP contribution in [0.4, 0.5) is 5.69 Å². The molecule has 26 heavy (non-hydrogen) atoms. The molecule has 1 heterocycles. The molecule has 0 aromatic heterocycles. The topological polar surface area (TPSA) is 102 Å². The lowest BCUT2D eigenvalue weighted by atomic mass is 10.1. The first-order valence-corrected chi connectivity index (χ1v) is 10.3. The Morgan fingerprint density at radius 2 is 2.19 bits per heavy atom. The van der Waals surface area contributed by atoms with Crippen molar-refractivity contribution < 1.29 is 13.2 Å². The molecule has 1 fully saturated rings. The maximum absolute atomic E-state index is 12.8. The molecule has 2 atom stereocenters. The first-order valence-electron chi connectivity index (χ1n) is 8.85. The maximum atomic E-state index is 12.8. The van der Waals surface area contributed by atoms with Crippen molar-refractivity contribution in [3.8, 4) is 6.19 Å². The van der Waals surface area contributed by atoms with Gasteiger partial charge in [-0.25, -0.2) is 13.1 Å². The van der Waals surface area contributed by atoms with Crippen molar-refractivity contribution in [1.82, 2.24) is 9.62 Å². The van der Waals surface area contributed by atoms with E-state index < -0.39 is 10.0 Å². The molecule has 0 spiro atoms. The van der Waals surface area contributed by atoms with E-state index in [1.165, 1.54) is 11.0 Å². The normalized spacial score (nSPS) is 18.4. The van der Waals surface area contributed by atoms with Crippen LogP contribution >= 0.6 is 0 Å². The van der Waals surface area contributed by atoms with E-state index in [1.54, 1.807) is 19.1 Å². The number of rotatable bonds is 7. The molecule has 1 aliphatic rings. The predicted octanol–water partition coefficient (Wildman–Crippen LogP) is 2.20. The smallest absolute Gasteiger partial charge is 0.241 e. The minimum atomic E-state index is -3.73. The Hall–Kier alpha value is -2.11. The van der Waals surface area contributed by atoms with Gasteiger partial charge in [-0.05, 0) is 37.5 Å². The zero-order valence-corrected chi connectivity index (χ0v) is 16.3. The van der Waals surface area contributed by atoms with Crippen LogP contribution < -0.4 is 10.0 Å². The summed E-state index contributed by atoms with van der Waals surface area (Å²) in [6, 6.07) is 4.59. The summed E-state index contributed by atoms with van der Waals surface area (Å²) in [6.45, 7) is 6.51. The number of likely N-dealkylation sites (tertiary alicyclic amines) is 1. The highest BCUT2D eigenvalue weighted by Gasteiger charge is 2.28. The summed E-state index contributed by atoms with van der Waals surface area (Å²) in [5.74, 6) is -0.248. The third-order valence-electron chi connectivity index (χ3n) is 4.57. The Labute approximate surface area is 155 Å². The van der Waals surface area contributed by atoms with Crippen LogP contribution in [-0.2, 0) is 14.8 Å². The number of nitrogens with zero attached hydrogens (tertiary/aromatic N) is 2. The monoisotopic (exact) mass is 378 g/mol. The fraction of sp³-hybridized carbons (Fsp3) is 0.556. The number of benzene rings is 1. The van der Waals surface area contributed by atoms with Crippen LogP contribution in [0.25, 0.3) is 0 Å². The number of amides is 1. The van der Waals surface area contributed by atoms with Gasteiger partial charge in [-0.3, -0.25) is 4.79 Å². The SMILES string of the molecule is CCCC(C)C(=O)Nc1ccc(C)c(S(=O)(=O)N[C@@H]2CCN(C#N)C2)c1. The van der Waals surface area contributed by atoms with E-state index in [0.29, 0.717) is 30.8 Å². The van der Waals surface area contributed by atoms with E-state index in [2.05, 4.69) is 10.0 Å². The molecule has 1 aromatic rings. The van der Waals surface area contributed by atoms with Gasteiger partial charge in [0.15, 0.2) is 6.19 Å². The third kappa shape index (κ3) is 4.96. The highest BCUT2D eigenvalue weighted by atomic mass is 32.2. The number of aryl methyl sites for hydroxylation is 1. The molecule has 0 saturated carbocycles. The second-order valence-corrected chi connectivity index (χ2v) is 8.49. The fourth-order valence-corrected chi connectivity index (χ4v) is 4.56. The van der Waals surface area contributed by atoms with E-state index in [4.69, 9.17) is 5.26 Å². The Morgan fingerprint density at radius 1 is 1.46 bits per heavy atom. The zero-order chi connectivity index (χ0) is 19.3. The first kappa shape index (κ1) is 20.2. The van der Waals surface area contributed by atoms with Gasteiger partial charge in [-0.15, -0.1) is 0 Å². The lowest BCUT2D eigenvalue weighted by Gasteiger charge is -2.16. The Balaban J connectivity index is 2.15. The van der Waals surface area contributed by atoms with Crippen molar-refractivity contribution in [2.24, 2.45) is 5.92 Å². The summed E-state index contributed by atoms with van der Waals surface area (Å²) in [4.78, 5) is 13.9. The molecular formula is C18H26N4O3S. The van der Waals surface area contributed by atoms with Crippen molar-refractivity contribution in [2.45, 2.75) is 51.0 Å². The minimum absolute atomic E-state index is 0.118. The largest absolute Gasteiger partial charge is 0.326 e. The zero-order valence-electron chi connectivity index (χ0n) is 15.4. The summed E-state index contributed by atoms with van der Waals surface area (Å²) < 4.78 is 28.2. The number of hydrogen-bond acceptors (Lipinski definition) is 5. The average molecular weight is 378 g/mol. The van der Waals surface area contributed by atoms with E-state index in [0.717, 1.165) is 12.8 Å². The molecule has 0 radical (unpaired) electrons. The standard InChI is InChI=1S/C18H26N4O3S/c1-4-5-14(3)18(23)20-15-7-6-13(2)17(10-15)26(24,25)21-16-8-9-22(11-16)12-19/h6-7,10,14,16,21H,4-5,8-9,11H2,1-3H3,(H,20,23)/t14?,16-/m1/s1. The third-order valence-corrected chi connectivity index (χ3v) is 6.23. The highest BCUT2D eigenvalue weighted by molar-refractivity contribution is 7.89. The van der Waals surface area contributed by atoms with E-state index in [-0.39, 0.29) is 22.8 Å². The number of anilines is 1. The number of nitrogens with one attached hydrogen (secondary N) is 2. The molecule has 1 amide bonds. The Kier molecular flexibility index (Phi) is 6.62. The van der Waals surface area contributed by atoms with Crippen molar-refractivity contribution in [1.29, 1.82) is 5.26 Å². The van der Waals surface area contributed by atoms with Crippen LogP contribution in [0.3, 0.4) is 0 Å². The molecule has 1 unspecified atom stereocenters. The molecule has 1 aliphatic heterocycles. The molecular weight excluding hydrogens is 352 g/mol. The van der Waals surface area contributed by atoms with Gasteiger partial charge < -0.3 is 10.2 Å². The van der Waals surface area contributed by atoms with Crippen LogP contribution in [0.2, 0.25) is 0 Å². The summed E-state index contributed by atoms with van der Waals surface area (Å²) in [5, 5.41) is 11.7. The van der Waals surface area contributed by atoms with Crippen LogP contribution in [0.5, 0.6) is 0 Å². The lowest BCUT2D eigenvalue weighted by molar-refractivity contribution is -0.119. The summed E-state index contributed by atoms with van der Waals surface area (Å²) in [5.41, 5.74) is 1.07. The highest BCUT2D eigenvalue weighted by Crippen LogP contribution is 2.22. The van der Waals surface area contributed by atoms with Crippen molar-refractivity contribution in [2.75, 3.05) is 18.4 Å². The molecule has 1 saturated heterocycles. The second kappa shape index (κ2) is 8.52. The molecule has 8 heteroatoms. The summed E-state index contributed by atoms with van der Waals surface area (Å²) >= 11 is 0. The second-order valence-electron chi connectivity index (χ2n) is 6.81. The van der Waals surface area contributed by atoms with Gasteiger partial charge >= 0.3 is 0 Å². The van der Waals surface area contributed by atoms with Gasteiger partial charge in [0.25, 0.3) is 0 Å². The molecule has 2 N–H and O–H groups in total. The van der Waals surface area contributed by atoms with Crippen LogP contribution in [0.1, 0.15) is 38.7 Å². The van der Waals surface area contributed by atoms with E-state index in [1.807, 2.05) is 20.0 Å². The maximum Gasteiger partial charge on any atom is 0.241 e.